The van der Waals surface area contributed by atoms with Crippen LogP contribution in [0.1, 0.15) is 16.1 Å². The molecule has 2 rings (SSSR count). The van der Waals surface area contributed by atoms with Gasteiger partial charge in [-0.05, 0) is 22.4 Å². The normalized spacial score (nSPS) is 10.1. The fourth-order valence-corrected chi connectivity index (χ4v) is 2.14. The second kappa shape index (κ2) is 5.59. The summed E-state index contributed by atoms with van der Waals surface area (Å²) in [5.41, 5.74) is 1.42. The van der Waals surface area contributed by atoms with Gasteiger partial charge in [-0.15, -0.1) is 0 Å². The average Bonchev–Trinajstić information content (AvgIpc) is 2.90. The van der Waals surface area contributed by atoms with Crippen LogP contribution < -0.4 is 4.90 Å². The molecule has 0 unspecified atom stereocenters. The third kappa shape index (κ3) is 2.84. The van der Waals surface area contributed by atoms with Gasteiger partial charge in [0.25, 0.3) is 0 Å². The number of carbonyl (C=O) groups is 1. The number of rotatable bonds is 4. The molecule has 0 aliphatic carbocycles. The SMILES string of the molecule is COC(=O)c1cncc(N(C)Cc2ccsc2)n1. The van der Waals surface area contributed by atoms with Crippen molar-refractivity contribution in [1.29, 1.82) is 0 Å². The molecule has 0 aliphatic heterocycles. The first-order valence-electron chi connectivity index (χ1n) is 5.33. The topological polar surface area (TPSA) is 55.3 Å². The van der Waals surface area contributed by atoms with Crippen LogP contribution in [-0.4, -0.2) is 30.1 Å². The zero-order chi connectivity index (χ0) is 13.0. The maximum atomic E-state index is 11.4. The zero-order valence-corrected chi connectivity index (χ0v) is 11.0. The first kappa shape index (κ1) is 12.5. The molecule has 0 saturated carbocycles. The number of hydrogen-bond acceptors (Lipinski definition) is 6. The number of thiophene rings is 1. The summed E-state index contributed by atoms with van der Waals surface area (Å²) < 4.78 is 4.62. The molecule has 2 heterocycles. The molecule has 2 aromatic heterocycles. The molecule has 0 aromatic carbocycles. The molecule has 0 saturated heterocycles. The Bertz CT molecular complexity index is 528. The lowest BCUT2D eigenvalue weighted by Crippen LogP contribution is -2.19. The highest BCUT2D eigenvalue weighted by Crippen LogP contribution is 2.14. The van der Waals surface area contributed by atoms with Gasteiger partial charge in [0.15, 0.2) is 5.69 Å². The summed E-state index contributed by atoms with van der Waals surface area (Å²) >= 11 is 1.65. The molecule has 0 fully saturated rings. The van der Waals surface area contributed by atoms with Crippen molar-refractivity contribution in [1.82, 2.24) is 9.97 Å². The van der Waals surface area contributed by atoms with Crippen LogP contribution in [0.25, 0.3) is 0 Å². The highest BCUT2D eigenvalue weighted by atomic mass is 32.1. The van der Waals surface area contributed by atoms with Gasteiger partial charge in [-0.25, -0.2) is 9.78 Å². The Morgan fingerprint density at radius 2 is 2.33 bits per heavy atom. The minimum absolute atomic E-state index is 0.215. The number of hydrogen-bond donors (Lipinski definition) is 0. The van der Waals surface area contributed by atoms with Crippen molar-refractivity contribution in [3.05, 3.63) is 40.5 Å². The van der Waals surface area contributed by atoms with Gasteiger partial charge in [0, 0.05) is 13.6 Å². The van der Waals surface area contributed by atoms with Crippen LogP contribution in [0.3, 0.4) is 0 Å². The van der Waals surface area contributed by atoms with Crippen LogP contribution in [-0.2, 0) is 11.3 Å². The summed E-state index contributed by atoms with van der Waals surface area (Å²) in [6.07, 6.45) is 3.02. The smallest absolute Gasteiger partial charge is 0.358 e. The second-order valence-corrected chi connectivity index (χ2v) is 4.52. The summed E-state index contributed by atoms with van der Waals surface area (Å²) in [5, 5.41) is 4.10. The molecular weight excluding hydrogens is 250 g/mol. The number of ether oxygens (including phenoxy) is 1. The number of esters is 1. The van der Waals surface area contributed by atoms with Crippen molar-refractivity contribution >= 4 is 23.1 Å². The van der Waals surface area contributed by atoms with Gasteiger partial charge in [-0.3, -0.25) is 4.98 Å². The molecule has 0 radical (unpaired) electrons. The largest absolute Gasteiger partial charge is 0.464 e. The van der Waals surface area contributed by atoms with E-state index in [1.807, 2.05) is 17.3 Å². The van der Waals surface area contributed by atoms with Crippen LogP contribution in [0.5, 0.6) is 0 Å². The predicted octanol–water partition coefficient (Wildman–Crippen LogP) is 1.96. The van der Waals surface area contributed by atoms with E-state index in [9.17, 15) is 4.79 Å². The van der Waals surface area contributed by atoms with E-state index < -0.39 is 5.97 Å². The number of carbonyl (C=O) groups excluding carboxylic acids is 1. The number of anilines is 1. The maximum Gasteiger partial charge on any atom is 0.358 e. The number of nitrogens with zero attached hydrogens (tertiary/aromatic N) is 3. The summed E-state index contributed by atoms with van der Waals surface area (Å²) in [6, 6.07) is 2.05. The van der Waals surface area contributed by atoms with E-state index in [0.717, 1.165) is 6.54 Å². The van der Waals surface area contributed by atoms with E-state index in [-0.39, 0.29) is 5.69 Å². The molecule has 6 heteroatoms. The van der Waals surface area contributed by atoms with Gasteiger partial charge in [0.05, 0.1) is 19.5 Å². The first-order chi connectivity index (χ1) is 8.70. The summed E-state index contributed by atoms with van der Waals surface area (Å²) in [6.45, 7) is 0.725. The van der Waals surface area contributed by atoms with Crippen LogP contribution >= 0.6 is 11.3 Å². The maximum absolute atomic E-state index is 11.4. The Morgan fingerprint density at radius 1 is 1.50 bits per heavy atom. The number of aromatic nitrogens is 2. The van der Waals surface area contributed by atoms with Gasteiger partial charge in [-0.2, -0.15) is 11.3 Å². The lowest BCUT2D eigenvalue weighted by Gasteiger charge is -2.17. The fourth-order valence-electron chi connectivity index (χ4n) is 1.48. The molecule has 0 atom stereocenters. The average molecular weight is 263 g/mol. The van der Waals surface area contributed by atoms with E-state index in [1.54, 1.807) is 17.5 Å². The molecular formula is C12H13N3O2S. The molecule has 0 amide bonds. The van der Waals surface area contributed by atoms with Gasteiger partial charge >= 0.3 is 5.97 Å². The van der Waals surface area contributed by atoms with Crippen molar-refractivity contribution in [2.75, 3.05) is 19.1 Å². The summed E-state index contributed by atoms with van der Waals surface area (Å²) in [7, 11) is 3.23. The van der Waals surface area contributed by atoms with Gasteiger partial charge < -0.3 is 9.64 Å². The van der Waals surface area contributed by atoms with Crippen molar-refractivity contribution in [2.24, 2.45) is 0 Å². The lowest BCUT2D eigenvalue weighted by molar-refractivity contribution is 0.0593. The van der Waals surface area contributed by atoms with Crippen LogP contribution in [0, 0.1) is 0 Å². The Labute approximate surface area is 109 Å². The lowest BCUT2D eigenvalue weighted by atomic mass is 10.3. The Balaban J connectivity index is 2.15. The zero-order valence-electron chi connectivity index (χ0n) is 10.2. The Kier molecular flexibility index (Phi) is 3.88. The minimum atomic E-state index is -0.478. The Morgan fingerprint density at radius 3 is 3.00 bits per heavy atom. The molecule has 0 aliphatic rings. The molecule has 0 N–H and O–H groups in total. The Hall–Kier alpha value is -1.95. The molecule has 94 valence electrons. The van der Waals surface area contributed by atoms with Crippen molar-refractivity contribution in [2.45, 2.75) is 6.54 Å². The van der Waals surface area contributed by atoms with E-state index in [2.05, 4.69) is 26.2 Å². The van der Waals surface area contributed by atoms with Gasteiger partial charge in [-0.1, -0.05) is 0 Å². The van der Waals surface area contributed by atoms with E-state index in [1.165, 1.54) is 18.9 Å². The van der Waals surface area contributed by atoms with Crippen molar-refractivity contribution in [3.8, 4) is 0 Å². The molecule has 5 nitrogen and oxygen atoms in total. The van der Waals surface area contributed by atoms with E-state index in [0.29, 0.717) is 5.82 Å². The quantitative estimate of drug-likeness (QED) is 0.789. The predicted molar refractivity (Wildman–Crippen MR) is 69.8 cm³/mol. The molecule has 18 heavy (non-hydrogen) atoms. The van der Waals surface area contributed by atoms with Crippen LogP contribution in [0.2, 0.25) is 0 Å². The van der Waals surface area contributed by atoms with E-state index in [4.69, 9.17) is 0 Å². The van der Waals surface area contributed by atoms with Crippen LogP contribution in [0.15, 0.2) is 29.2 Å². The third-order valence-electron chi connectivity index (χ3n) is 2.41. The molecule has 0 bridgehead atoms. The van der Waals surface area contributed by atoms with Crippen molar-refractivity contribution < 1.29 is 9.53 Å². The summed E-state index contributed by atoms with van der Waals surface area (Å²) in [4.78, 5) is 21.5. The molecule has 0 spiro atoms. The fraction of sp³-hybridized carbons (Fsp3) is 0.250. The van der Waals surface area contributed by atoms with Gasteiger partial charge in [0.1, 0.15) is 5.82 Å². The van der Waals surface area contributed by atoms with E-state index >= 15 is 0 Å². The van der Waals surface area contributed by atoms with Crippen LogP contribution in [0.4, 0.5) is 5.82 Å². The number of methoxy groups -OCH3 is 1. The van der Waals surface area contributed by atoms with Gasteiger partial charge in [0.2, 0.25) is 0 Å². The molecule has 2 aromatic rings. The highest BCUT2D eigenvalue weighted by molar-refractivity contribution is 7.07. The summed E-state index contributed by atoms with van der Waals surface area (Å²) in [5.74, 6) is 0.164. The first-order valence-corrected chi connectivity index (χ1v) is 6.27. The standard InChI is InChI=1S/C12H13N3O2S/c1-15(7-9-3-4-18-8-9)11-6-13-5-10(14-11)12(16)17-2/h3-6,8H,7H2,1-2H3. The highest BCUT2D eigenvalue weighted by Gasteiger charge is 2.11. The van der Waals surface area contributed by atoms with Crippen molar-refractivity contribution in [3.63, 3.8) is 0 Å². The second-order valence-electron chi connectivity index (χ2n) is 3.74. The minimum Gasteiger partial charge on any atom is -0.464 e. The third-order valence-corrected chi connectivity index (χ3v) is 3.14. The monoisotopic (exact) mass is 263 g/mol.